The molecule has 0 saturated carbocycles. The van der Waals surface area contributed by atoms with Crippen LogP contribution in [0.15, 0.2) is 4.99 Å². The summed E-state index contributed by atoms with van der Waals surface area (Å²) in [7, 11) is 0. The summed E-state index contributed by atoms with van der Waals surface area (Å²) in [4.78, 5) is 6.78. The van der Waals surface area contributed by atoms with Crippen molar-refractivity contribution in [2.45, 2.75) is 147 Å². The fourth-order valence-electron chi connectivity index (χ4n) is 4.31. The topological polar surface area (TPSA) is 35.8 Å². The van der Waals surface area contributed by atoms with Crippen LogP contribution in [0.2, 0.25) is 0 Å². The number of unbranched alkanes of at least 4 members (excludes halogenated alkanes) is 17. The number of rotatable bonds is 20. The van der Waals surface area contributed by atoms with Gasteiger partial charge < -0.3 is 10.0 Å². The van der Waals surface area contributed by atoms with Crippen LogP contribution in [0.5, 0.6) is 0 Å². The molecule has 1 rings (SSSR count). The third-order valence-electron chi connectivity index (χ3n) is 6.17. The first-order valence-corrected chi connectivity index (χ1v) is 13.7. The Morgan fingerprint density at radius 2 is 1.17 bits per heavy atom. The van der Waals surface area contributed by atoms with Crippen molar-refractivity contribution in [3.05, 3.63) is 0 Å². The van der Waals surface area contributed by atoms with Crippen molar-refractivity contribution < 1.29 is 5.11 Å². The molecule has 0 amide bonds. The first-order valence-electron chi connectivity index (χ1n) is 12.8. The van der Waals surface area contributed by atoms with Gasteiger partial charge in [0.05, 0.1) is 6.54 Å². The molecule has 0 aromatic heterocycles. The van der Waals surface area contributed by atoms with Gasteiger partial charge in [-0.3, -0.25) is 4.99 Å². The molecule has 1 aliphatic heterocycles. The Morgan fingerprint density at radius 1 is 0.793 bits per heavy atom. The van der Waals surface area contributed by atoms with Gasteiger partial charge in [0.15, 0.2) is 0 Å². The number of aliphatic hydroxyl groups is 1. The minimum Gasteiger partial charge on any atom is -0.374 e. The van der Waals surface area contributed by atoms with Gasteiger partial charge in [0.1, 0.15) is 17.0 Å². The zero-order valence-electron chi connectivity index (χ0n) is 19.5. The molecule has 0 saturated heterocycles. The highest BCUT2D eigenvalue weighted by molar-refractivity contribution is 9.09. The Bertz CT molecular complexity index is 400. The molecular formula is C25H49BrN2O. The molecule has 0 aromatic rings. The second-order valence-corrected chi connectivity index (χ2v) is 10.1. The molecule has 4 heteroatoms. The van der Waals surface area contributed by atoms with Crippen molar-refractivity contribution in [3.63, 3.8) is 0 Å². The minimum absolute atomic E-state index is 0.155. The first-order chi connectivity index (χ1) is 14.1. The number of nitrogens with zero attached hydrogens (tertiary/aromatic N) is 2. The standard InChI is InChI=1S/C25H49BrN2O/c1-3-4-5-6-7-8-9-10-11-12-13-14-15-16-17-18-19-20-21-25-27-24(26)22-28(25)23(2)29/h23-24,29H,3-22H2,1-2H3. The number of aliphatic hydroxyl groups excluding tert-OH is 1. The van der Waals surface area contributed by atoms with Crippen molar-refractivity contribution in [1.29, 1.82) is 0 Å². The van der Waals surface area contributed by atoms with E-state index in [-0.39, 0.29) is 4.95 Å². The molecule has 0 bridgehead atoms. The van der Waals surface area contributed by atoms with Crippen molar-refractivity contribution in [2.75, 3.05) is 6.54 Å². The predicted octanol–water partition coefficient (Wildman–Crippen LogP) is 8.19. The van der Waals surface area contributed by atoms with E-state index in [1.165, 1.54) is 116 Å². The summed E-state index contributed by atoms with van der Waals surface area (Å²) in [6.07, 6.45) is 25.9. The van der Waals surface area contributed by atoms with Crippen LogP contribution in [-0.2, 0) is 0 Å². The van der Waals surface area contributed by atoms with E-state index in [4.69, 9.17) is 0 Å². The average Bonchev–Trinajstić information content (AvgIpc) is 3.08. The largest absolute Gasteiger partial charge is 0.374 e. The third kappa shape index (κ3) is 14.5. The number of alkyl halides is 1. The highest BCUT2D eigenvalue weighted by Gasteiger charge is 2.25. The Balaban J connectivity index is 1.78. The number of hydrogen-bond donors (Lipinski definition) is 1. The maximum absolute atomic E-state index is 9.82. The van der Waals surface area contributed by atoms with Gasteiger partial charge in [0.25, 0.3) is 0 Å². The summed E-state index contributed by atoms with van der Waals surface area (Å²) >= 11 is 3.54. The lowest BCUT2D eigenvalue weighted by Crippen LogP contribution is -2.36. The molecule has 0 aliphatic carbocycles. The van der Waals surface area contributed by atoms with E-state index in [1.54, 1.807) is 0 Å². The molecule has 0 fully saturated rings. The van der Waals surface area contributed by atoms with Gasteiger partial charge in [-0.05, 0) is 13.3 Å². The van der Waals surface area contributed by atoms with Crippen LogP contribution in [-0.4, -0.2) is 33.6 Å². The van der Waals surface area contributed by atoms with E-state index in [2.05, 4.69) is 27.8 Å². The number of halogens is 1. The smallest absolute Gasteiger partial charge is 0.125 e. The second-order valence-electron chi connectivity index (χ2n) is 9.02. The van der Waals surface area contributed by atoms with Gasteiger partial charge in [0, 0.05) is 6.42 Å². The average molecular weight is 474 g/mol. The normalized spacial score (nSPS) is 17.7. The number of hydrogen-bond acceptors (Lipinski definition) is 3. The molecule has 2 unspecified atom stereocenters. The molecule has 0 radical (unpaired) electrons. The maximum Gasteiger partial charge on any atom is 0.125 e. The Morgan fingerprint density at radius 3 is 1.55 bits per heavy atom. The van der Waals surface area contributed by atoms with Crippen LogP contribution < -0.4 is 0 Å². The maximum atomic E-state index is 9.82. The summed E-state index contributed by atoms with van der Waals surface area (Å²) in [5.74, 6) is 1.08. The molecule has 0 aromatic carbocycles. The van der Waals surface area contributed by atoms with Gasteiger partial charge in [-0.1, -0.05) is 132 Å². The minimum atomic E-state index is -0.424. The Labute approximate surface area is 190 Å². The lowest BCUT2D eigenvalue weighted by molar-refractivity contribution is 0.0758. The van der Waals surface area contributed by atoms with Gasteiger partial charge in [0.2, 0.25) is 0 Å². The number of aliphatic imine (C=N–C) groups is 1. The highest BCUT2D eigenvalue weighted by atomic mass is 79.9. The van der Waals surface area contributed by atoms with Crippen molar-refractivity contribution in [2.24, 2.45) is 4.99 Å². The van der Waals surface area contributed by atoms with Gasteiger partial charge in [-0.15, -0.1) is 0 Å². The van der Waals surface area contributed by atoms with Crippen LogP contribution >= 0.6 is 15.9 Å². The highest BCUT2D eigenvalue weighted by Crippen LogP contribution is 2.20. The van der Waals surface area contributed by atoms with Crippen LogP contribution in [0.3, 0.4) is 0 Å². The molecule has 2 atom stereocenters. The van der Waals surface area contributed by atoms with E-state index < -0.39 is 6.23 Å². The van der Waals surface area contributed by atoms with Crippen LogP contribution in [0.4, 0.5) is 0 Å². The van der Waals surface area contributed by atoms with Crippen molar-refractivity contribution in [1.82, 2.24) is 4.90 Å². The SMILES string of the molecule is CCCCCCCCCCCCCCCCCCCCC1=NC(Br)CN1C(C)O. The molecule has 0 spiro atoms. The summed E-state index contributed by atoms with van der Waals surface area (Å²) in [5, 5.41) is 9.82. The van der Waals surface area contributed by atoms with E-state index in [1.807, 2.05) is 11.8 Å². The fraction of sp³-hybridized carbons (Fsp3) is 0.960. The van der Waals surface area contributed by atoms with Crippen molar-refractivity contribution in [3.8, 4) is 0 Å². The molecule has 29 heavy (non-hydrogen) atoms. The molecule has 1 heterocycles. The van der Waals surface area contributed by atoms with Crippen LogP contribution in [0, 0.1) is 0 Å². The van der Waals surface area contributed by atoms with Gasteiger partial charge >= 0.3 is 0 Å². The summed E-state index contributed by atoms with van der Waals surface area (Å²) in [6, 6.07) is 0. The lowest BCUT2D eigenvalue weighted by Gasteiger charge is -2.23. The van der Waals surface area contributed by atoms with Gasteiger partial charge in [-0.2, -0.15) is 0 Å². The van der Waals surface area contributed by atoms with E-state index >= 15 is 0 Å². The molecule has 172 valence electrons. The molecule has 1 aliphatic rings. The third-order valence-corrected chi connectivity index (χ3v) is 6.67. The predicted molar refractivity (Wildman–Crippen MR) is 132 cm³/mol. The first kappa shape index (κ1) is 26.9. The lowest BCUT2D eigenvalue weighted by atomic mass is 10.0. The van der Waals surface area contributed by atoms with E-state index in [9.17, 15) is 5.11 Å². The second kappa shape index (κ2) is 18.7. The monoisotopic (exact) mass is 472 g/mol. The molecule has 1 N–H and O–H groups in total. The van der Waals surface area contributed by atoms with E-state index in [0.717, 1.165) is 18.8 Å². The zero-order chi connectivity index (χ0) is 21.2. The summed E-state index contributed by atoms with van der Waals surface area (Å²) < 4.78 is 0. The summed E-state index contributed by atoms with van der Waals surface area (Å²) in [5.41, 5.74) is 0. The van der Waals surface area contributed by atoms with E-state index in [0.29, 0.717) is 0 Å². The van der Waals surface area contributed by atoms with Crippen LogP contribution in [0.1, 0.15) is 136 Å². The molecule has 3 nitrogen and oxygen atoms in total. The Hall–Kier alpha value is -0.0900. The molecular weight excluding hydrogens is 424 g/mol. The zero-order valence-corrected chi connectivity index (χ0v) is 21.1. The Kier molecular flexibility index (Phi) is 17.3. The summed E-state index contributed by atoms with van der Waals surface area (Å²) in [6.45, 7) is 4.92. The quantitative estimate of drug-likeness (QED) is 0.110. The van der Waals surface area contributed by atoms with Crippen LogP contribution in [0.25, 0.3) is 0 Å². The number of amidine groups is 1. The fourth-order valence-corrected chi connectivity index (χ4v) is 4.85. The van der Waals surface area contributed by atoms with Gasteiger partial charge in [-0.25, -0.2) is 0 Å². The van der Waals surface area contributed by atoms with Crippen molar-refractivity contribution >= 4 is 21.8 Å².